The zero-order valence-corrected chi connectivity index (χ0v) is 36.9. The first-order chi connectivity index (χ1) is 27.7. The molecule has 304 valence electrons. The third-order valence-corrected chi connectivity index (χ3v) is 16.1. The SMILES string of the molecule is Cc1cc(C)cc(-c2csc(N3CCN(S(=O)(=O)c4ccc(Cl)cc4)CC3)n2)c1.O=S(=O)(c1ccc(Cl)cc1)N1CCN(c2nc(-c3ccc(F)c(Cl)c3)cs2)CC1. The lowest BCUT2D eigenvalue weighted by Gasteiger charge is -2.33. The summed E-state index contributed by atoms with van der Waals surface area (Å²) < 4.78 is 67.7. The lowest BCUT2D eigenvalue weighted by atomic mass is 10.1. The molecule has 0 aliphatic carbocycles. The maximum atomic E-state index is 13.4. The van der Waals surface area contributed by atoms with Gasteiger partial charge in [0.05, 0.1) is 26.2 Å². The number of aromatic nitrogens is 2. The summed E-state index contributed by atoms with van der Waals surface area (Å²) >= 11 is 20.6. The lowest BCUT2D eigenvalue weighted by molar-refractivity contribution is 0.384. The molecular formula is C40H38Cl3FN6O4S4. The monoisotopic (exact) mass is 918 g/mol. The summed E-state index contributed by atoms with van der Waals surface area (Å²) in [7, 11) is -7.05. The van der Waals surface area contributed by atoms with Crippen molar-refractivity contribution in [2.45, 2.75) is 23.6 Å². The number of aryl methyl sites for hydroxylation is 2. The van der Waals surface area contributed by atoms with Gasteiger partial charge in [0, 0.05) is 84.3 Å². The molecule has 4 aromatic carbocycles. The number of anilines is 2. The molecule has 0 unspecified atom stereocenters. The number of benzene rings is 4. The highest BCUT2D eigenvalue weighted by molar-refractivity contribution is 7.89. The third kappa shape index (κ3) is 9.69. The van der Waals surface area contributed by atoms with Gasteiger partial charge >= 0.3 is 0 Å². The molecule has 58 heavy (non-hydrogen) atoms. The van der Waals surface area contributed by atoms with Gasteiger partial charge in [-0.2, -0.15) is 8.61 Å². The van der Waals surface area contributed by atoms with Crippen molar-refractivity contribution in [1.82, 2.24) is 18.6 Å². The highest BCUT2D eigenvalue weighted by Gasteiger charge is 2.31. The van der Waals surface area contributed by atoms with E-state index in [4.69, 9.17) is 39.8 Å². The number of halogens is 4. The Hall–Kier alpha value is -3.64. The quantitative estimate of drug-likeness (QED) is 0.149. The number of thiazole rings is 2. The molecule has 2 saturated heterocycles. The molecule has 4 heterocycles. The second-order valence-electron chi connectivity index (χ2n) is 13.7. The summed E-state index contributed by atoms with van der Waals surface area (Å²) in [6, 6.07) is 23.4. The molecule has 2 fully saturated rings. The summed E-state index contributed by atoms with van der Waals surface area (Å²) in [5, 5.41) is 6.76. The van der Waals surface area contributed by atoms with Crippen LogP contribution in [0.2, 0.25) is 15.1 Å². The van der Waals surface area contributed by atoms with Crippen LogP contribution in [0.25, 0.3) is 22.5 Å². The summed E-state index contributed by atoms with van der Waals surface area (Å²) in [6.07, 6.45) is 0. The molecule has 0 radical (unpaired) electrons. The van der Waals surface area contributed by atoms with E-state index in [2.05, 4.69) is 47.3 Å². The third-order valence-electron chi connectivity index (χ3n) is 9.64. The Kier molecular flexibility index (Phi) is 13.1. The zero-order valence-electron chi connectivity index (χ0n) is 31.4. The van der Waals surface area contributed by atoms with E-state index in [1.165, 1.54) is 49.3 Å². The molecule has 2 aromatic heterocycles. The fourth-order valence-electron chi connectivity index (χ4n) is 6.61. The van der Waals surface area contributed by atoms with Gasteiger partial charge in [0.1, 0.15) is 5.82 Å². The topological polar surface area (TPSA) is 107 Å². The van der Waals surface area contributed by atoms with E-state index in [-0.39, 0.29) is 14.8 Å². The molecule has 6 aromatic rings. The molecule has 8 rings (SSSR count). The maximum absolute atomic E-state index is 13.4. The van der Waals surface area contributed by atoms with Crippen molar-refractivity contribution < 1.29 is 21.2 Å². The minimum atomic E-state index is -3.55. The Labute approximate surface area is 361 Å². The minimum Gasteiger partial charge on any atom is -0.345 e. The van der Waals surface area contributed by atoms with E-state index in [1.807, 2.05) is 10.3 Å². The van der Waals surface area contributed by atoms with Gasteiger partial charge in [0.25, 0.3) is 0 Å². The molecule has 0 saturated carbocycles. The van der Waals surface area contributed by atoms with Crippen LogP contribution in [-0.4, -0.2) is 87.8 Å². The zero-order chi connectivity index (χ0) is 41.2. The van der Waals surface area contributed by atoms with Crippen molar-refractivity contribution in [2.75, 3.05) is 62.2 Å². The van der Waals surface area contributed by atoms with Crippen LogP contribution in [0.4, 0.5) is 14.7 Å². The molecule has 2 aliphatic heterocycles. The second-order valence-corrected chi connectivity index (χ2v) is 20.6. The molecule has 0 spiro atoms. The van der Waals surface area contributed by atoms with E-state index in [0.717, 1.165) is 27.1 Å². The van der Waals surface area contributed by atoms with Crippen LogP contribution in [0, 0.1) is 19.7 Å². The number of nitrogens with zero attached hydrogens (tertiary/aromatic N) is 6. The fourth-order valence-corrected chi connectivity index (χ4v) is 11.7. The van der Waals surface area contributed by atoms with Gasteiger partial charge in [-0.25, -0.2) is 31.2 Å². The minimum absolute atomic E-state index is 0.0538. The van der Waals surface area contributed by atoms with Crippen LogP contribution in [0.1, 0.15) is 11.1 Å². The van der Waals surface area contributed by atoms with Gasteiger partial charge in [0.15, 0.2) is 10.3 Å². The van der Waals surface area contributed by atoms with Gasteiger partial charge < -0.3 is 9.80 Å². The van der Waals surface area contributed by atoms with Gasteiger partial charge in [-0.3, -0.25) is 0 Å². The predicted octanol–water partition coefficient (Wildman–Crippen LogP) is 9.36. The van der Waals surface area contributed by atoms with Crippen LogP contribution < -0.4 is 9.80 Å². The molecule has 0 N–H and O–H groups in total. The van der Waals surface area contributed by atoms with E-state index in [9.17, 15) is 21.2 Å². The fraction of sp³-hybridized carbons (Fsp3) is 0.250. The Morgan fingerprint density at radius 1 is 0.552 bits per heavy atom. The number of hydrogen-bond acceptors (Lipinski definition) is 10. The summed E-state index contributed by atoms with van der Waals surface area (Å²) in [5.74, 6) is -0.469. The largest absolute Gasteiger partial charge is 0.345 e. The number of piperazine rings is 2. The average Bonchev–Trinajstić information content (AvgIpc) is 3.91. The second kappa shape index (κ2) is 17.9. The molecule has 0 atom stereocenters. The van der Waals surface area contributed by atoms with Gasteiger partial charge in [0.2, 0.25) is 20.0 Å². The molecule has 2 aliphatic rings. The number of hydrogen-bond donors (Lipinski definition) is 0. The smallest absolute Gasteiger partial charge is 0.243 e. The van der Waals surface area contributed by atoms with Crippen molar-refractivity contribution >= 4 is 87.8 Å². The van der Waals surface area contributed by atoms with E-state index < -0.39 is 25.9 Å². The van der Waals surface area contributed by atoms with Crippen LogP contribution in [0.3, 0.4) is 0 Å². The van der Waals surface area contributed by atoms with Gasteiger partial charge in [-0.1, -0.05) is 52.0 Å². The van der Waals surface area contributed by atoms with E-state index in [0.29, 0.717) is 68.1 Å². The first kappa shape index (κ1) is 42.5. The van der Waals surface area contributed by atoms with Crippen LogP contribution in [0.5, 0.6) is 0 Å². The van der Waals surface area contributed by atoms with Crippen molar-refractivity contribution in [2.24, 2.45) is 0 Å². The first-order valence-electron chi connectivity index (χ1n) is 18.1. The molecular weight excluding hydrogens is 882 g/mol. The van der Waals surface area contributed by atoms with Crippen molar-refractivity contribution in [3.05, 3.63) is 128 Å². The van der Waals surface area contributed by atoms with Gasteiger partial charge in [-0.15, -0.1) is 22.7 Å². The van der Waals surface area contributed by atoms with Crippen molar-refractivity contribution in [3.63, 3.8) is 0 Å². The lowest BCUT2D eigenvalue weighted by Crippen LogP contribution is -2.48. The number of sulfonamides is 2. The Bertz CT molecular complexity index is 2590. The van der Waals surface area contributed by atoms with Crippen molar-refractivity contribution in [1.29, 1.82) is 0 Å². The van der Waals surface area contributed by atoms with Crippen LogP contribution >= 0.6 is 57.5 Å². The van der Waals surface area contributed by atoms with E-state index >= 15 is 0 Å². The Morgan fingerprint density at radius 3 is 1.38 bits per heavy atom. The van der Waals surface area contributed by atoms with Crippen LogP contribution in [0.15, 0.2) is 105 Å². The standard InChI is InChI=1S/C21H22ClN3O2S2.C19H16Cl2FN3O2S2/c1-15-11-16(2)13-17(12-15)20-14-28-21(23-20)24-7-9-25(10-8-24)29(26,27)19-5-3-18(22)4-6-19;20-14-2-4-15(5-3-14)29(26,27)25-9-7-24(8-10-25)19-23-18(12-28-19)13-1-6-17(22)16(21)11-13/h3-6,11-14H,7-10H2,1-2H3;1-6,11-12H,7-10H2. The highest BCUT2D eigenvalue weighted by atomic mass is 35.5. The molecule has 10 nitrogen and oxygen atoms in total. The van der Waals surface area contributed by atoms with Crippen LogP contribution in [-0.2, 0) is 20.0 Å². The summed E-state index contributed by atoms with van der Waals surface area (Å²) in [4.78, 5) is 14.1. The first-order valence-corrected chi connectivity index (χ1v) is 23.9. The maximum Gasteiger partial charge on any atom is 0.243 e. The van der Waals surface area contributed by atoms with Crippen molar-refractivity contribution in [3.8, 4) is 22.5 Å². The normalized spacial score (nSPS) is 15.6. The highest BCUT2D eigenvalue weighted by Crippen LogP contribution is 2.32. The van der Waals surface area contributed by atoms with Gasteiger partial charge in [-0.05, 0) is 92.7 Å². The Morgan fingerprint density at radius 2 is 0.966 bits per heavy atom. The summed E-state index contributed by atoms with van der Waals surface area (Å²) in [6.45, 7) is 8.07. The predicted molar refractivity (Wildman–Crippen MR) is 234 cm³/mol. The molecule has 0 bridgehead atoms. The summed E-state index contributed by atoms with van der Waals surface area (Å²) in [5.41, 5.74) is 5.97. The van der Waals surface area contributed by atoms with E-state index in [1.54, 1.807) is 59.9 Å². The molecule has 0 amide bonds. The Balaban J connectivity index is 0.000000177. The number of rotatable bonds is 8. The molecule has 18 heteroatoms. The average molecular weight is 920 g/mol.